The minimum atomic E-state index is -1.63. The zero-order chi connectivity index (χ0) is 54.1. The van der Waals surface area contributed by atoms with Gasteiger partial charge in [0.05, 0.1) is 40.3 Å². The summed E-state index contributed by atoms with van der Waals surface area (Å²) in [6.07, 6.45) is 72.9. The van der Waals surface area contributed by atoms with Crippen LogP contribution in [0, 0.1) is 0 Å². The highest BCUT2D eigenvalue weighted by atomic mass is 16.7. The minimum absolute atomic E-state index is 0.143. The van der Waals surface area contributed by atoms with E-state index in [2.05, 4.69) is 123 Å². The first-order valence-corrected chi connectivity index (χ1v) is 29.5. The van der Waals surface area contributed by atoms with Gasteiger partial charge in [0.15, 0.2) is 12.4 Å². The Bertz CT molecular complexity index is 1580. The summed E-state index contributed by atoms with van der Waals surface area (Å²) in [5, 5.41) is 11.7. The zero-order valence-corrected chi connectivity index (χ0v) is 47.9. The molecule has 0 N–H and O–H groups in total. The Hall–Kier alpha value is -4.05. The molecule has 0 saturated heterocycles. The van der Waals surface area contributed by atoms with Crippen LogP contribution in [0.1, 0.15) is 226 Å². The number of hydrogen-bond acceptors (Lipinski definition) is 8. The van der Waals surface area contributed by atoms with Crippen LogP contribution in [0.2, 0.25) is 0 Å². The molecule has 74 heavy (non-hydrogen) atoms. The highest BCUT2D eigenvalue weighted by molar-refractivity contribution is 5.70. The summed E-state index contributed by atoms with van der Waals surface area (Å²) in [5.41, 5.74) is 0. The Kier molecular flexibility index (Phi) is 52.2. The van der Waals surface area contributed by atoms with Crippen LogP contribution in [0.25, 0.3) is 0 Å². The third-order valence-electron chi connectivity index (χ3n) is 12.3. The van der Waals surface area contributed by atoms with E-state index in [1.54, 1.807) is 0 Å². The maximum Gasteiger partial charge on any atom is 0.306 e. The first-order chi connectivity index (χ1) is 36.1. The number of aliphatic carboxylic acids is 1. The van der Waals surface area contributed by atoms with E-state index in [-0.39, 0.29) is 38.6 Å². The van der Waals surface area contributed by atoms with Gasteiger partial charge in [-0.05, 0) is 83.5 Å². The van der Waals surface area contributed by atoms with Crippen LogP contribution in [0.4, 0.5) is 0 Å². The molecule has 9 nitrogen and oxygen atoms in total. The molecule has 0 saturated carbocycles. The minimum Gasteiger partial charge on any atom is -0.545 e. The molecule has 0 aliphatic carbocycles. The molecule has 9 heteroatoms. The quantitative estimate of drug-likeness (QED) is 0.0195. The van der Waals surface area contributed by atoms with Crippen LogP contribution in [0.5, 0.6) is 0 Å². The van der Waals surface area contributed by atoms with E-state index in [4.69, 9.17) is 18.9 Å². The molecular weight excluding hydrogens is 923 g/mol. The number of unbranched alkanes of at least 4 members (excludes halogenated alkanes) is 20. The standard InChI is InChI=1S/C65H109NO8/c1-6-8-10-12-14-16-18-20-21-22-23-24-25-26-27-28-29-30-31-32-33-34-35-36-37-38-39-40-41-42-43-44-46-48-50-52-54-56-63(68)74-61(60-73-65(64(69)70)71-58-57-66(3,4)5)59-72-62(67)55-53-51-49-47-45-19-17-15-13-11-9-7-2/h8,10,14,16,20-21,23-24,26-27,29-30,32-33,35-36,38-39,61,65H,6-7,9,11-13,15,17-19,22,25,28,31,34,37,40-60H2,1-5H3/b10-8-,16-14-,21-20-,24-23-,27-26-,30-29-,33-32-,36-35-,39-38-. The molecule has 2 unspecified atom stereocenters. The Morgan fingerprint density at radius 1 is 0.419 bits per heavy atom. The highest BCUT2D eigenvalue weighted by Crippen LogP contribution is 2.15. The molecule has 0 aliphatic rings. The Morgan fingerprint density at radius 2 is 0.770 bits per heavy atom. The third kappa shape index (κ3) is 55.7. The molecule has 0 aromatic carbocycles. The normalized spacial score (nSPS) is 13.6. The van der Waals surface area contributed by atoms with E-state index < -0.39 is 24.3 Å². The van der Waals surface area contributed by atoms with E-state index in [0.717, 1.165) is 103 Å². The number of hydrogen-bond donors (Lipinski definition) is 0. The first-order valence-electron chi connectivity index (χ1n) is 29.5. The van der Waals surface area contributed by atoms with Crippen LogP contribution in [-0.4, -0.2) is 82.3 Å². The molecule has 0 aromatic heterocycles. The van der Waals surface area contributed by atoms with Gasteiger partial charge >= 0.3 is 11.9 Å². The number of esters is 2. The molecule has 0 heterocycles. The summed E-state index contributed by atoms with van der Waals surface area (Å²) in [6, 6.07) is 0. The van der Waals surface area contributed by atoms with Crippen molar-refractivity contribution in [3.05, 3.63) is 109 Å². The van der Waals surface area contributed by atoms with E-state index in [9.17, 15) is 19.5 Å². The Balaban J connectivity index is 4.16. The predicted octanol–water partition coefficient (Wildman–Crippen LogP) is 16.2. The van der Waals surface area contributed by atoms with Crippen LogP contribution >= 0.6 is 0 Å². The van der Waals surface area contributed by atoms with Gasteiger partial charge in [-0.15, -0.1) is 0 Å². The maximum absolute atomic E-state index is 12.8. The summed E-state index contributed by atoms with van der Waals surface area (Å²) >= 11 is 0. The fourth-order valence-corrected chi connectivity index (χ4v) is 7.76. The average molecular weight is 1030 g/mol. The topological polar surface area (TPSA) is 111 Å². The van der Waals surface area contributed by atoms with E-state index in [1.807, 2.05) is 21.1 Å². The number of carbonyl (C=O) groups excluding carboxylic acids is 3. The SMILES string of the molecule is CC/C=C\C/C=C\C/C=C\C/C=C\C/C=C\C/C=C\C/C=C\C/C=C\C/C=C\CCCCCCCCCCCC(=O)OC(COC(=O)CCCCCCCCCCCCCC)COC(OCC[N+](C)(C)C)C(=O)[O-]. The van der Waals surface area contributed by atoms with Crippen molar-refractivity contribution in [3.63, 3.8) is 0 Å². The molecule has 0 rings (SSSR count). The fraction of sp³-hybridized carbons (Fsp3) is 0.677. The largest absolute Gasteiger partial charge is 0.545 e. The third-order valence-corrected chi connectivity index (χ3v) is 12.3. The molecule has 422 valence electrons. The van der Waals surface area contributed by atoms with Crippen molar-refractivity contribution >= 4 is 17.9 Å². The Morgan fingerprint density at radius 3 is 1.15 bits per heavy atom. The predicted molar refractivity (Wildman–Crippen MR) is 310 cm³/mol. The van der Waals surface area contributed by atoms with E-state index >= 15 is 0 Å². The van der Waals surface area contributed by atoms with Crippen LogP contribution in [0.15, 0.2) is 109 Å². The first kappa shape index (κ1) is 70.0. The summed E-state index contributed by atoms with van der Waals surface area (Å²) in [5.74, 6) is -2.30. The average Bonchev–Trinajstić information content (AvgIpc) is 3.37. The van der Waals surface area contributed by atoms with Crippen molar-refractivity contribution in [1.82, 2.24) is 0 Å². The number of carboxylic acids is 1. The second kappa shape index (κ2) is 55.2. The van der Waals surface area contributed by atoms with Crippen molar-refractivity contribution in [2.45, 2.75) is 238 Å². The van der Waals surface area contributed by atoms with Crippen LogP contribution < -0.4 is 5.11 Å². The highest BCUT2D eigenvalue weighted by Gasteiger charge is 2.22. The summed E-state index contributed by atoms with van der Waals surface area (Å²) in [4.78, 5) is 37.2. The van der Waals surface area contributed by atoms with Crippen molar-refractivity contribution in [3.8, 4) is 0 Å². The van der Waals surface area contributed by atoms with Gasteiger partial charge in [0.1, 0.15) is 13.2 Å². The van der Waals surface area contributed by atoms with Gasteiger partial charge in [-0.25, -0.2) is 0 Å². The number of carboxylic acid groups (broad SMARTS) is 1. The lowest BCUT2D eigenvalue weighted by molar-refractivity contribution is -0.870. The van der Waals surface area contributed by atoms with Gasteiger partial charge in [-0.1, -0.05) is 239 Å². The molecule has 0 radical (unpaired) electrons. The molecule has 0 spiro atoms. The van der Waals surface area contributed by atoms with E-state index in [1.165, 1.54) is 89.9 Å². The van der Waals surface area contributed by atoms with Gasteiger partial charge in [-0.2, -0.15) is 0 Å². The zero-order valence-electron chi connectivity index (χ0n) is 47.9. The van der Waals surface area contributed by atoms with Crippen molar-refractivity contribution in [2.75, 3.05) is 47.5 Å². The molecule has 0 bridgehead atoms. The van der Waals surface area contributed by atoms with Gasteiger partial charge in [0.2, 0.25) is 0 Å². The summed E-state index contributed by atoms with van der Waals surface area (Å²) < 4.78 is 22.6. The number of allylic oxidation sites excluding steroid dienone is 18. The molecular formula is C65H109NO8. The van der Waals surface area contributed by atoms with Crippen molar-refractivity contribution in [2.24, 2.45) is 0 Å². The second-order valence-corrected chi connectivity index (χ2v) is 20.6. The lowest BCUT2D eigenvalue weighted by Gasteiger charge is -2.26. The fourth-order valence-electron chi connectivity index (χ4n) is 7.76. The van der Waals surface area contributed by atoms with Gasteiger partial charge < -0.3 is 33.3 Å². The smallest absolute Gasteiger partial charge is 0.306 e. The van der Waals surface area contributed by atoms with Crippen LogP contribution in [-0.2, 0) is 33.3 Å². The molecule has 0 aliphatic heterocycles. The van der Waals surface area contributed by atoms with Crippen molar-refractivity contribution in [1.29, 1.82) is 0 Å². The van der Waals surface area contributed by atoms with Gasteiger partial charge in [0.25, 0.3) is 0 Å². The lowest BCUT2D eigenvalue weighted by atomic mass is 10.0. The molecule has 0 fully saturated rings. The number of carbonyl (C=O) groups is 3. The number of nitrogens with zero attached hydrogens (tertiary/aromatic N) is 1. The Labute approximate surface area is 454 Å². The number of ether oxygens (including phenoxy) is 4. The maximum atomic E-state index is 12.8. The summed E-state index contributed by atoms with van der Waals surface area (Å²) in [7, 11) is 5.91. The van der Waals surface area contributed by atoms with E-state index in [0.29, 0.717) is 17.4 Å². The number of quaternary nitrogens is 1. The van der Waals surface area contributed by atoms with Crippen LogP contribution in [0.3, 0.4) is 0 Å². The molecule has 0 amide bonds. The lowest BCUT2D eigenvalue weighted by Crippen LogP contribution is -2.44. The summed E-state index contributed by atoms with van der Waals surface area (Å²) in [6.45, 7) is 4.61. The van der Waals surface area contributed by atoms with Crippen molar-refractivity contribution < 1.29 is 42.9 Å². The number of likely N-dealkylation sites (N-methyl/N-ethyl adjacent to an activating group) is 1. The van der Waals surface area contributed by atoms with Gasteiger partial charge in [0, 0.05) is 12.8 Å². The number of rotatable bonds is 53. The second-order valence-electron chi connectivity index (χ2n) is 20.6. The monoisotopic (exact) mass is 1030 g/mol. The molecule has 2 atom stereocenters. The molecule has 0 aromatic rings. The van der Waals surface area contributed by atoms with Gasteiger partial charge in [-0.3, -0.25) is 9.59 Å².